The number of nitrogens with two attached hydrogens (primary N) is 3. The van der Waals surface area contributed by atoms with Gasteiger partial charge in [0.05, 0.1) is 5.69 Å². The number of benzene rings is 1. The van der Waals surface area contributed by atoms with Crippen molar-refractivity contribution in [3.05, 3.63) is 35.4 Å². The lowest BCUT2D eigenvalue weighted by Crippen LogP contribution is -2.04. The minimum atomic E-state index is 0.182. The third-order valence-corrected chi connectivity index (χ3v) is 2.64. The molecule has 2 aromatic rings. The SMILES string of the molecule is Cc1c(N)nc(N)nc1-c1cccc(CN)c1. The lowest BCUT2D eigenvalue weighted by Gasteiger charge is -2.09. The summed E-state index contributed by atoms with van der Waals surface area (Å²) in [5.74, 6) is 0.590. The molecule has 0 fully saturated rings. The van der Waals surface area contributed by atoms with Crippen molar-refractivity contribution in [2.45, 2.75) is 13.5 Å². The van der Waals surface area contributed by atoms with E-state index in [0.29, 0.717) is 12.4 Å². The summed E-state index contributed by atoms with van der Waals surface area (Å²) in [6.07, 6.45) is 0. The Hall–Kier alpha value is -2.14. The van der Waals surface area contributed by atoms with Gasteiger partial charge in [-0.3, -0.25) is 0 Å². The summed E-state index contributed by atoms with van der Waals surface area (Å²) in [6.45, 7) is 2.36. The van der Waals surface area contributed by atoms with E-state index in [-0.39, 0.29) is 5.95 Å². The molecule has 0 spiro atoms. The van der Waals surface area contributed by atoms with Gasteiger partial charge in [-0.2, -0.15) is 4.98 Å². The van der Waals surface area contributed by atoms with E-state index in [0.717, 1.165) is 22.4 Å². The first kappa shape index (κ1) is 11.3. The molecular formula is C12H15N5. The first-order valence-corrected chi connectivity index (χ1v) is 5.30. The zero-order chi connectivity index (χ0) is 12.4. The van der Waals surface area contributed by atoms with Crippen molar-refractivity contribution in [3.63, 3.8) is 0 Å². The van der Waals surface area contributed by atoms with Crippen molar-refractivity contribution < 1.29 is 0 Å². The van der Waals surface area contributed by atoms with Crippen molar-refractivity contribution in [3.8, 4) is 11.3 Å². The van der Waals surface area contributed by atoms with Crippen LogP contribution in [0.1, 0.15) is 11.1 Å². The van der Waals surface area contributed by atoms with E-state index in [4.69, 9.17) is 17.2 Å². The molecule has 1 aromatic carbocycles. The Morgan fingerprint density at radius 3 is 2.65 bits per heavy atom. The Kier molecular flexibility index (Phi) is 2.93. The Labute approximate surface area is 99.7 Å². The van der Waals surface area contributed by atoms with Gasteiger partial charge < -0.3 is 17.2 Å². The Bertz CT molecular complexity index is 551. The van der Waals surface area contributed by atoms with E-state index < -0.39 is 0 Å². The van der Waals surface area contributed by atoms with Crippen LogP contribution in [0.15, 0.2) is 24.3 Å². The summed E-state index contributed by atoms with van der Waals surface area (Å²) >= 11 is 0. The monoisotopic (exact) mass is 229 g/mol. The molecule has 0 bridgehead atoms. The zero-order valence-corrected chi connectivity index (χ0v) is 9.64. The molecular weight excluding hydrogens is 214 g/mol. The molecule has 0 unspecified atom stereocenters. The van der Waals surface area contributed by atoms with Crippen LogP contribution in [0.2, 0.25) is 0 Å². The molecule has 0 saturated carbocycles. The van der Waals surface area contributed by atoms with Crippen LogP contribution in [-0.2, 0) is 6.54 Å². The Morgan fingerprint density at radius 1 is 1.18 bits per heavy atom. The Balaban J connectivity index is 2.59. The molecule has 0 aliphatic heterocycles. The van der Waals surface area contributed by atoms with Gasteiger partial charge in [-0.25, -0.2) is 4.98 Å². The van der Waals surface area contributed by atoms with Crippen molar-refractivity contribution in [1.29, 1.82) is 0 Å². The second kappa shape index (κ2) is 4.39. The van der Waals surface area contributed by atoms with Gasteiger partial charge in [-0.1, -0.05) is 18.2 Å². The average molecular weight is 229 g/mol. The lowest BCUT2D eigenvalue weighted by atomic mass is 10.0. The summed E-state index contributed by atoms with van der Waals surface area (Å²) < 4.78 is 0. The van der Waals surface area contributed by atoms with Gasteiger partial charge in [0.15, 0.2) is 0 Å². The van der Waals surface area contributed by atoms with Gasteiger partial charge in [0.1, 0.15) is 5.82 Å². The van der Waals surface area contributed by atoms with Crippen molar-refractivity contribution in [2.75, 3.05) is 11.5 Å². The maximum Gasteiger partial charge on any atom is 0.222 e. The van der Waals surface area contributed by atoms with Crippen molar-refractivity contribution in [2.24, 2.45) is 5.73 Å². The Morgan fingerprint density at radius 2 is 1.94 bits per heavy atom. The molecule has 88 valence electrons. The van der Waals surface area contributed by atoms with Gasteiger partial charge in [0, 0.05) is 17.7 Å². The van der Waals surface area contributed by atoms with Crippen LogP contribution >= 0.6 is 0 Å². The number of hydrogen-bond acceptors (Lipinski definition) is 5. The average Bonchev–Trinajstić information content (AvgIpc) is 2.34. The second-order valence-corrected chi connectivity index (χ2v) is 3.85. The van der Waals surface area contributed by atoms with Crippen molar-refractivity contribution in [1.82, 2.24) is 9.97 Å². The molecule has 5 heteroatoms. The molecule has 5 nitrogen and oxygen atoms in total. The maximum absolute atomic E-state index is 5.77. The normalized spacial score (nSPS) is 10.5. The van der Waals surface area contributed by atoms with E-state index in [1.54, 1.807) is 0 Å². The third kappa shape index (κ3) is 2.19. The quantitative estimate of drug-likeness (QED) is 0.714. The van der Waals surface area contributed by atoms with E-state index in [2.05, 4.69) is 9.97 Å². The summed E-state index contributed by atoms with van der Waals surface area (Å²) in [6, 6.07) is 7.83. The molecule has 0 radical (unpaired) electrons. The van der Waals surface area contributed by atoms with E-state index in [1.807, 2.05) is 31.2 Å². The standard InChI is InChI=1S/C12H15N5/c1-7-10(16-12(15)17-11(7)14)9-4-2-3-8(5-9)6-13/h2-5H,6,13H2,1H3,(H4,14,15,16,17). The molecule has 0 atom stereocenters. The highest BCUT2D eigenvalue weighted by Gasteiger charge is 2.09. The van der Waals surface area contributed by atoms with Crippen molar-refractivity contribution >= 4 is 11.8 Å². The van der Waals surface area contributed by atoms with Crippen LogP contribution in [0.25, 0.3) is 11.3 Å². The lowest BCUT2D eigenvalue weighted by molar-refractivity contribution is 1.07. The minimum Gasteiger partial charge on any atom is -0.383 e. The predicted molar refractivity (Wildman–Crippen MR) is 68.9 cm³/mol. The summed E-state index contributed by atoms with van der Waals surface area (Å²) in [4.78, 5) is 8.15. The van der Waals surface area contributed by atoms with Gasteiger partial charge >= 0.3 is 0 Å². The molecule has 0 amide bonds. The molecule has 1 heterocycles. The molecule has 6 N–H and O–H groups in total. The highest BCUT2D eigenvalue weighted by atomic mass is 15.0. The van der Waals surface area contributed by atoms with Gasteiger partial charge in [-0.05, 0) is 18.6 Å². The van der Waals surface area contributed by atoms with Crippen LogP contribution in [0.5, 0.6) is 0 Å². The zero-order valence-electron chi connectivity index (χ0n) is 9.64. The van der Waals surface area contributed by atoms with E-state index in [1.165, 1.54) is 0 Å². The molecule has 1 aromatic heterocycles. The summed E-state index contributed by atoms with van der Waals surface area (Å²) in [7, 11) is 0. The fourth-order valence-electron chi connectivity index (χ4n) is 1.68. The summed E-state index contributed by atoms with van der Waals surface area (Å²) in [5, 5.41) is 0. The fourth-order valence-corrected chi connectivity index (χ4v) is 1.68. The number of hydrogen-bond donors (Lipinski definition) is 3. The molecule has 0 aliphatic rings. The van der Waals surface area contributed by atoms with Gasteiger partial charge in [0.25, 0.3) is 0 Å². The highest BCUT2D eigenvalue weighted by molar-refractivity contribution is 5.69. The number of nitrogens with zero attached hydrogens (tertiary/aromatic N) is 2. The number of aromatic nitrogens is 2. The van der Waals surface area contributed by atoms with E-state index in [9.17, 15) is 0 Å². The molecule has 0 saturated heterocycles. The first-order valence-electron chi connectivity index (χ1n) is 5.30. The highest BCUT2D eigenvalue weighted by Crippen LogP contribution is 2.25. The van der Waals surface area contributed by atoms with Gasteiger partial charge in [0.2, 0.25) is 5.95 Å². The fraction of sp³-hybridized carbons (Fsp3) is 0.167. The van der Waals surface area contributed by atoms with Crippen LogP contribution in [0.4, 0.5) is 11.8 Å². The number of rotatable bonds is 2. The summed E-state index contributed by atoms with van der Waals surface area (Å²) in [5.41, 5.74) is 20.6. The maximum atomic E-state index is 5.77. The third-order valence-electron chi connectivity index (χ3n) is 2.64. The second-order valence-electron chi connectivity index (χ2n) is 3.85. The van der Waals surface area contributed by atoms with E-state index >= 15 is 0 Å². The molecule has 0 aliphatic carbocycles. The topological polar surface area (TPSA) is 104 Å². The van der Waals surface area contributed by atoms with Crippen LogP contribution in [-0.4, -0.2) is 9.97 Å². The molecule has 17 heavy (non-hydrogen) atoms. The first-order chi connectivity index (χ1) is 8.11. The van der Waals surface area contributed by atoms with Gasteiger partial charge in [-0.15, -0.1) is 0 Å². The minimum absolute atomic E-state index is 0.182. The largest absolute Gasteiger partial charge is 0.383 e. The van der Waals surface area contributed by atoms with Crippen LogP contribution in [0, 0.1) is 6.92 Å². The predicted octanol–water partition coefficient (Wildman–Crippen LogP) is 1.08. The molecule has 2 rings (SSSR count). The number of anilines is 2. The number of nitrogen functional groups attached to an aromatic ring is 2. The smallest absolute Gasteiger partial charge is 0.222 e. The van der Waals surface area contributed by atoms with Crippen LogP contribution < -0.4 is 17.2 Å². The van der Waals surface area contributed by atoms with Crippen LogP contribution in [0.3, 0.4) is 0 Å².